The van der Waals surface area contributed by atoms with Gasteiger partial charge in [-0.05, 0) is 77.6 Å². The summed E-state index contributed by atoms with van der Waals surface area (Å²) in [7, 11) is 1.57. The largest absolute Gasteiger partial charge is 0.497 e. The number of amides is 2. The van der Waals surface area contributed by atoms with Crippen LogP contribution in [0.2, 0.25) is 0 Å². The van der Waals surface area contributed by atoms with Crippen molar-refractivity contribution in [2.24, 2.45) is 0 Å². The predicted molar refractivity (Wildman–Crippen MR) is 132 cm³/mol. The minimum atomic E-state index is -0.527. The lowest BCUT2D eigenvalue weighted by Gasteiger charge is -2.29. The average molecular weight is 454 g/mol. The minimum absolute atomic E-state index is 0.000146. The van der Waals surface area contributed by atoms with Gasteiger partial charge in [-0.3, -0.25) is 19.8 Å². The Morgan fingerprint density at radius 2 is 1.61 bits per heavy atom. The van der Waals surface area contributed by atoms with Crippen LogP contribution in [0.4, 0.5) is 5.69 Å². The van der Waals surface area contributed by atoms with Crippen LogP contribution in [0.15, 0.2) is 90.6 Å². The summed E-state index contributed by atoms with van der Waals surface area (Å²) >= 11 is 5.28. The molecule has 2 amide bonds. The van der Waals surface area contributed by atoms with E-state index in [2.05, 4.69) is 17.4 Å². The Labute approximate surface area is 195 Å². The maximum atomic E-state index is 13.3. The summed E-state index contributed by atoms with van der Waals surface area (Å²) < 4.78 is 7.12. The molecule has 0 unspecified atom stereocenters. The minimum Gasteiger partial charge on any atom is -0.497 e. The van der Waals surface area contributed by atoms with Gasteiger partial charge in [-0.1, -0.05) is 30.3 Å². The molecule has 1 saturated heterocycles. The highest BCUT2D eigenvalue weighted by atomic mass is 32.1. The number of ether oxygens (including phenoxy) is 1. The van der Waals surface area contributed by atoms with Crippen LogP contribution < -0.4 is 15.0 Å². The summed E-state index contributed by atoms with van der Waals surface area (Å²) in [6, 6.07) is 24.8. The van der Waals surface area contributed by atoms with Crippen LogP contribution in [-0.4, -0.2) is 28.6 Å². The summed E-state index contributed by atoms with van der Waals surface area (Å²) in [5, 5.41) is 4.90. The zero-order chi connectivity index (χ0) is 22.9. The number of benzene rings is 3. The first-order chi connectivity index (χ1) is 16.0. The fraction of sp³-hybridized carbons (Fsp3) is 0.0385. The zero-order valence-electron chi connectivity index (χ0n) is 17.7. The average Bonchev–Trinajstić information content (AvgIpc) is 3.30. The number of rotatable bonds is 4. The van der Waals surface area contributed by atoms with Gasteiger partial charge in [-0.15, -0.1) is 0 Å². The molecule has 0 saturated carbocycles. The van der Waals surface area contributed by atoms with Gasteiger partial charge in [0.25, 0.3) is 11.8 Å². The lowest BCUT2D eigenvalue weighted by Crippen LogP contribution is -2.54. The molecule has 0 atom stereocenters. The number of nitrogens with one attached hydrogen (secondary N) is 1. The second kappa shape index (κ2) is 8.37. The van der Waals surface area contributed by atoms with Gasteiger partial charge in [-0.2, -0.15) is 0 Å². The molecule has 1 fully saturated rings. The van der Waals surface area contributed by atoms with Crippen LogP contribution in [0.25, 0.3) is 22.5 Å². The molecule has 0 bridgehead atoms. The third-order valence-electron chi connectivity index (χ3n) is 5.52. The van der Waals surface area contributed by atoms with Crippen molar-refractivity contribution < 1.29 is 14.3 Å². The summed E-state index contributed by atoms with van der Waals surface area (Å²) in [5.74, 6) is -0.358. The number of nitrogens with zero attached hydrogens (tertiary/aromatic N) is 2. The Bertz CT molecular complexity index is 1440. The van der Waals surface area contributed by atoms with E-state index in [1.807, 2.05) is 53.2 Å². The second-order valence-electron chi connectivity index (χ2n) is 7.49. The fourth-order valence-corrected chi connectivity index (χ4v) is 4.13. The van der Waals surface area contributed by atoms with Crippen molar-refractivity contribution >= 4 is 51.7 Å². The van der Waals surface area contributed by atoms with Crippen LogP contribution >= 0.6 is 12.2 Å². The van der Waals surface area contributed by atoms with Gasteiger partial charge < -0.3 is 9.30 Å². The lowest BCUT2D eigenvalue weighted by molar-refractivity contribution is -0.122. The smallest absolute Gasteiger partial charge is 0.270 e. The molecule has 0 spiro atoms. The van der Waals surface area contributed by atoms with Crippen molar-refractivity contribution in [2.75, 3.05) is 12.0 Å². The van der Waals surface area contributed by atoms with Gasteiger partial charge in [-0.25, -0.2) is 0 Å². The molecule has 2 heterocycles. The van der Waals surface area contributed by atoms with Crippen LogP contribution in [0.3, 0.4) is 0 Å². The molecule has 6 nitrogen and oxygen atoms in total. The van der Waals surface area contributed by atoms with Gasteiger partial charge in [0.15, 0.2) is 5.11 Å². The zero-order valence-corrected chi connectivity index (χ0v) is 18.5. The molecular formula is C26H19N3O3S. The Balaban J connectivity index is 1.53. The number of aromatic nitrogens is 1. The van der Waals surface area contributed by atoms with E-state index in [1.165, 1.54) is 4.90 Å². The molecule has 7 heteroatoms. The van der Waals surface area contributed by atoms with Crippen molar-refractivity contribution in [1.82, 2.24) is 9.88 Å². The van der Waals surface area contributed by atoms with E-state index >= 15 is 0 Å². The number of methoxy groups -OCH3 is 1. The van der Waals surface area contributed by atoms with Gasteiger partial charge >= 0.3 is 0 Å². The first-order valence-electron chi connectivity index (χ1n) is 10.3. The molecule has 5 rings (SSSR count). The van der Waals surface area contributed by atoms with Crippen molar-refractivity contribution in [2.45, 2.75) is 0 Å². The van der Waals surface area contributed by atoms with Crippen LogP contribution in [-0.2, 0) is 9.59 Å². The monoisotopic (exact) mass is 453 g/mol. The number of anilines is 1. The summed E-state index contributed by atoms with van der Waals surface area (Å²) in [5.41, 5.74) is 2.17. The first kappa shape index (κ1) is 20.7. The van der Waals surface area contributed by atoms with E-state index in [1.54, 1.807) is 37.5 Å². The maximum Gasteiger partial charge on any atom is 0.270 e. The van der Waals surface area contributed by atoms with Crippen molar-refractivity contribution in [3.05, 3.63) is 96.3 Å². The SMILES string of the molecule is COc1ccc(N2C(=O)C(=Cc3cccn3-c3ccc4ccccc4c3)C(=O)NC2=S)cc1. The van der Waals surface area contributed by atoms with E-state index in [4.69, 9.17) is 17.0 Å². The third kappa shape index (κ3) is 3.79. The number of hydrogen-bond acceptors (Lipinski definition) is 4. The quantitative estimate of drug-likeness (QED) is 0.281. The van der Waals surface area contributed by atoms with E-state index < -0.39 is 11.8 Å². The summed E-state index contributed by atoms with van der Waals surface area (Å²) in [6.45, 7) is 0. The second-order valence-corrected chi connectivity index (χ2v) is 7.88. The van der Waals surface area contributed by atoms with E-state index in [9.17, 15) is 9.59 Å². The third-order valence-corrected chi connectivity index (χ3v) is 5.80. The van der Waals surface area contributed by atoms with Gasteiger partial charge in [0.1, 0.15) is 11.3 Å². The van der Waals surface area contributed by atoms with Crippen molar-refractivity contribution in [3.8, 4) is 11.4 Å². The number of fused-ring (bicyclic) bond motifs is 1. The Morgan fingerprint density at radius 3 is 2.36 bits per heavy atom. The number of hydrogen-bond donors (Lipinski definition) is 1. The summed E-state index contributed by atoms with van der Waals surface area (Å²) in [4.78, 5) is 27.3. The standard InChI is InChI=1S/C26H19N3O3S/c1-32-22-12-10-19(11-13-22)29-25(31)23(24(30)27-26(29)33)16-20-7-4-14-28(20)21-9-8-17-5-2-3-6-18(17)15-21/h2-16H,1H3,(H,27,30,33). The first-order valence-corrected chi connectivity index (χ1v) is 10.7. The number of carbonyl (C=O) groups is 2. The molecule has 33 heavy (non-hydrogen) atoms. The Kier molecular flexibility index (Phi) is 5.24. The molecule has 1 aliphatic heterocycles. The van der Waals surface area contributed by atoms with E-state index in [0.29, 0.717) is 17.1 Å². The Hall–Kier alpha value is -4.23. The molecule has 4 aromatic rings. The van der Waals surface area contributed by atoms with Crippen molar-refractivity contribution in [3.63, 3.8) is 0 Å². The molecule has 1 aliphatic rings. The molecule has 162 valence electrons. The molecule has 0 radical (unpaired) electrons. The van der Waals surface area contributed by atoms with Gasteiger partial charge in [0, 0.05) is 17.6 Å². The fourth-order valence-electron chi connectivity index (χ4n) is 3.84. The maximum absolute atomic E-state index is 13.3. The number of carbonyl (C=O) groups excluding carboxylic acids is 2. The van der Waals surface area contributed by atoms with E-state index in [0.717, 1.165) is 16.5 Å². The van der Waals surface area contributed by atoms with Gasteiger partial charge in [0.2, 0.25) is 0 Å². The predicted octanol–water partition coefficient (Wildman–Crippen LogP) is 4.47. The molecule has 0 aliphatic carbocycles. The summed E-state index contributed by atoms with van der Waals surface area (Å²) in [6.07, 6.45) is 3.48. The molecule has 1 N–H and O–H groups in total. The van der Waals surface area contributed by atoms with Crippen LogP contribution in [0.1, 0.15) is 5.69 Å². The highest BCUT2D eigenvalue weighted by molar-refractivity contribution is 7.80. The Morgan fingerprint density at radius 1 is 0.879 bits per heavy atom. The molecule has 1 aromatic heterocycles. The van der Waals surface area contributed by atoms with Gasteiger partial charge in [0.05, 0.1) is 12.8 Å². The van der Waals surface area contributed by atoms with E-state index in [-0.39, 0.29) is 10.7 Å². The van der Waals surface area contributed by atoms with Crippen LogP contribution in [0, 0.1) is 0 Å². The molecular weight excluding hydrogens is 434 g/mol. The normalized spacial score (nSPS) is 15.2. The molecule has 3 aromatic carbocycles. The topological polar surface area (TPSA) is 63.6 Å². The highest BCUT2D eigenvalue weighted by Gasteiger charge is 2.34. The van der Waals surface area contributed by atoms with Crippen molar-refractivity contribution in [1.29, 1.82) is 0 Å². The lowest BCUT2D eigenvalue weighted by atomic mass is 10.1. The highest BCUT2D eigenvalue weighted by Crippen LogP contribution is 2.26. The van der Waals surface area contributed by atoms with Crippen LogP contribution in [0.5, 0.6) is 5.75 Å². The number of thiocarbonyl (C=S) groups is 1.